The van der Waals surface area contributed by atoms with Crippen LogP contribution in [-0.2, 0) is 10.4 Å². The molecule has 0 amide bonds. The highest BCUT2D eigenvalue weighted by Gasteiger charge is 2.59. The first-order chi connectivity index (χ1) is 11.6. The second-order valence-electron chi connectivity index (χ2n) is 5.28. The maximum Gasteiger partial charge on any atom is 0.428 e. The average Bonchev–Trinajstić information content (AvgIpc) is 2.95. The van der Waals surface area contributed by atoms with Gasteiger partial charge in [0, 0.05) is 25.6 Å². The van der Waals surface area contributed by atoms with E-state index in [1.165, 1.54) is 12.1 Å². The topological polar surface area (TPSA) is 21.3 Å². The first-order valence-corrected chi connectivity index (χ1v) is 8.71. The number of hydrogen-bond acceptors (Lipinski definition) is 2. The fourth-order valence-corrected chi connectivity index (χ4v) is 3.37. The van der Waals surface area contributed by atoms with Gasteiger partial charge in [-0.15, -0.1) is 0 Å². The third-order valence-electron chi connectivity index (χ3n) is 3.61. The molecule has 2 aromatic carbocycles. The summed E-state index contributed by atoms with van der Waals surface area (Å²) in [6, 6.07) is 8.43. The summed E-state index contributed by atoms with van der Waals surface area (Å²) in [6.07, 6.45) is -3.82. The largest absolute Gasteiger partial charge is 0.428 e. The van der Waals surface area contributed by atoms with Crippen molar-refractivity contribution >= 4 is 56.4 Å². The lowest BCUT2D eigenvalue weighted by Crippen LogP contribution is -2.42. The van der Waals surface area contributed by atoms with Crippen LogP contribution in [0.15, 0.2) is 46.9 Å². The van der Waals surface area contributed by atoms with Gasteiger partial charge in [-0.1, -0.05) is 40.9 Å². The summed E-state index contributed by atoms with van der Waals surface area (Å²) in [5.74, 6) is 0. The average molecular weight is 474 g/mol. The van der Waals surface area contributed by atoms with Gasteiger partial charge < -0.3 is 0 Å². The number of halogens is 7. The molecular weight excluding hydrogens is 465 g/mol. The highest BCUT2D eigenvalue weighted by atomic mass is 79.9. The zero-order chi connectivity index (χ0) is 18.4. The van der Waals surface area contributed by atoms with E-state index < -0.39 is 11.8 Å². The Kier molecular flexibility index (Phi) is 5.03. The molecule has 9 heteroatoms. The van der Waals surface area contributed by atoms with E-state index in [1.54, 1.807) is 12.1 Å². The number of hydrogen-bond donors (Lipinski definition) is 1. The van der Waals surface area contributed by atoms with Crippen LogP contribution in [0.1, 0.15) is 11.1 Å². The van der Waals surface area contributed by atoms with Crippen molar-refractivity contribution in [3.8, 4) is 0 Å². The lowest BCUT2D eigenvalue weighted by Gasteiger charge is -2.28. The van der Waals surface area contributed by atoms with Crippen molar-refractivity contribution in [2.24, 2.45) is 0 Å². The van der Waals surface area contributed by atoms with E-state index in [4.69, 9.17) is 39.6 Å². The Morgan fingerprint density at radius 2 is 1.64 bits per heavy atom. The number of nitrogens with one attached hydrogen (secondary N) is 1. The van der Waals surface area contributed by atoms with Gasteiger partial charge in [-0.05, 0) is 52.3 Å². The maximum atomic E-state index is 13.9. The Morgan fingerprint density at radius 3 is 2.20 bits per heavy atom. The minimum absolute atomic E-state index is 0.0725. The lowest BCUT2D eigenvalue weighted by atomic mass is 9.91. The maximum absolute atomic E-state index is 13.9. The van der Waals surface area contributed by atoms with Gasteiger partial charge >= 0.3 is 6.18 Å². The van der Waals surface area contributed by atoms with Crippen molar-refractivity contribution in [2.75, 3.05) is 0 Å². The van der Waals surface area contributed by atoms with Crippen LogP contribution >= 0.6 is 50.7 Å². The molecule has 1 N–H and O–H groups in total. The van der Waals surface area contributed by atoms with Crippen molar-refractivity contribution in [1.82, 2.24) is 5.48 Å². The molecular formula is C16H8BrCl3F3NO. The fraction of sp³-hybridized carbons (Fsp3) is 0.125. The summed E-state index contributed by atoms with van der Waals surface area (Å²) < 4.78 is 42.2. The van der Waals surface area contributed by atoms with Gasteiger partial charge in [0.15, 0.2) is 0 Å². The smallest absolute Gasteiger partial charge is 0.265 e. The zero-order valence-electron chi connectivity index (χ0n) is 12.1. The molecule has 0 fully saturated rings. The number of hydroxylamine groups is 1. The third kappa shape index (κ3) is 3.51. The van der Waals surface area contributed by atoms with Crippen molar-refractivity contribution in [3.63, 3.8) is 0 Å². The van der Waals surface area contributed by atoms with Gasteiger partial charge in [0.25, 0.3) is 0 Å². The predicted octanol–water partition coefficient (Wildman–Crippen LogP) is 6.74. The summed E-state index contributed by atoms with van der Waals surface area (Å²) in [6.45, 7) is 0. The zero-order valence-corrected chi connectivity index (χ0v) is 15.9. The summed E-state index contributed by atoms with van der Waals surface area (Å²) >= 11 is 21.0. The van der Waals surface area contributed by atoms with E-state index in [-0.39, 0.29) is 21.3 Å². The number of benzene rings is 2. The quantitative estimate of drug-likeness (QED) is 0.521. The lowest BCUT2D eigenvalue weighted by molar-refractivity contribution is -0.269. The van der Waals surface area contributed by atoms with Crippen LogP contribution in [0.2, 0.25) is 15.1 Å². The molecule has 1 unspecified atom stereocenters. The summed E-state index contributed by atoms with van der Waals surface area (Å²) in [5, 5.41) is 0.502. The van der Waals surface area contributed by atoms with E-state index in [2.05, 4.69) is 21.4 Å². The highest BCUT2D eigenvalue weighted by Crippen LogP contribution is 2.48. The van der Waals surface area contributed by atoms with E-state index in [1.807, 2.05) is 0 Å². The SMILES string of the molecule is FC(F)(F)C1(c2cc(Cl)cc(Cl)c2)C=C(c2ccc(Br)c(Cl)c2)NO1. The molecule has 0 saturated heterocycles. The molecule has 1 atom stereocenters. The standard InChI is InChI=1S/C16H8BrCl3F3NO/c17-12-2-1-8(3-13(12)20)14-7-15(25-24-14,16(21,22)23)9-4-10(18)6-11(19)5-9/h1-7,24H. The Morgan fingerprint density at radius 1 is 1.00 bits per heavy atom. The predicted molar refractivity (Wildman–Crippen MR) is 95.5 cm³/mol. The third-order valence-corrected chi connectivity index (χ3v) is 5.28. The van der Waals surface area contributed by atoms with Gasteiger partial charge in [0.1, 0.15) is 0 Å². The summed E-state index contributed by atoms with van der Waals surface area (Å²) in [4.78, 5) is 5.00. The molecule has 0 bridgehead atoms. The first-order valence-electron chi connectivity index (χ1n) is 6.78. The van der Waals surface area contributed by atoms with E-state index in [0.29, 0.717) is 15.1 Å². The minimum Gasteiger partial charge on any atom is -0.265 e. The van der Waals surface area contributed by atoms with E-state index in [9.17, 15) is 13.2 Å². The molecule has 2 aromatic rings. The van der Waals surface area contributed by atoms with Crippen LogP contribution < -0.4 is 5.48 Å². The Bertz CT molecular complexity index is 852. The van der Waals surface area contributed by atoms with Crippen LogP contribution in [0.5, 0.6) is 0 Å². The molecule has 0 radical (unpaired) electrons. The second-order valence-corrected chi connectivity index (χ2v) is 7.42. The second kappa shape index (κ2) is 6.67. The van der Waals surface area contributed by atoms with Gasteiger partial charge in [0.05, 0.1) is 10.7 Å². The fourth-order valence-electron chi connectivity index (χ4n) is 2.42. The van der Waals surface area contributed by atoms with E-state index in [0.717, 1.165) is 18.2 Å². The number of alkyl halides is 3. The molecule has 0 saturated carbocycles. The van der Waals surface area contributed by atoms with Gasteiger partial charge in [0.2, 0.25) is 5.60 Å². The van der Waals surface area contributed by atoms with Crippen molar-refractivity contribution in [2.45, 2.75) is 11.8 Å². The Hall–Kier alpha value is -0.920. The summed E-state index contributed by atoms with van der Waals surface area (Å²) in [5.41, 5.74) is -0.0584. The molecule has 2 nitrogen and oxygen atoms in total. The Balaban J connectivity index is 2.15. The molecule has 1 heterocycles. The minimum atomic E-state index is -4.76. The monoisotopic (exact) mass is 471 g/mol. The molecule has 0 spiro atoms. The molecule has 0 aliphatic carbocycles. The van der Waals surface area contributed by atoms with Crippen LogP contribution in [0.25, 0.3) is 5.70 Å². The van der Waals surface area contributed by atoms with Crippen molar-refractivity contribution < 1.29 is 18.0 Å². The van der Waals surface area contributed by atoms with Crippen LogP contribution in [0.3, 0.4) is 0 Å². The highest BCUT2D eigenvalue weighted by molar-refractivity contribution is 9.10. The molecule has 1 aliphatic rings. The normalized spacial score (nSPS) is 20.4. The Labute approximate surface area is 164 Å². The molecule has 132 valence electrons. The van der Waals surface area contributed by atoms with Gasteiger partial charge in [-0.3, -0.25) is 10.3 Å². The van der Waals surface area contributed by atoms with Crippen molar-refractivity contribution in [3.05, 3.63) is 73.1 Å². The van der Waals surface area contributed by atoms with Crippen LogP contribution in [0.4, 0.5) is 13.2 Å². The van der Waals surface area contributed by atoms with Crippen LogP contribution in [0, 0.1) is 0 Å². The summed E-state index contributed by atoms with van der Waals surface area (Å²) in [7, 11) is 0. The number of rotatable bonds is 2. The molecule has 0 aromatic heterocycles. The molecule has 25 heavy (non-hydrogen) atoms. The van der Waals surface area contributed by atoms with Crippen LogP contribution in [-0.4, -0.2) is 6.18 Å². The molecule has 3 rings (SSSR count). The van der Waals surface area contributed by atoms with Crippen molar-refractivity contribution in [1.29, 1.82) is 0 Å². The van der Waals surface area contributed by atoms with E-state index >= 15 is 0 Å². The van der Waals surface area contributed by atoms with Gasteiger partial charge in [-0.2, -0.15) is 13.2 Å². The molecule has 1 aliphatic heterocycles. The van der Waals surface area contributed by atoms with Gasteiger partial charge in [-0.25, -0.2) is 0 Å². The first kappa shape index (κ1) is 18.9.